The molecule has 1 N–H and O–H groups in total. The van der Waals surface area contributed by atoms with Crippen LogP contribution in [-0.2, 0) is 4.79 Å². The minimum absolute atomic E-state index is 0.0503. The lowest BCUT2D eigenvalue weighted by molar-refractivity contribution is -0.123. The Morgan fingerprint density at radius 3 is 2.39 bits per heavy atom. The summed E-state index contributed by atoms with van der Waals surface area (Å²) in [5.74, 6) is 1.35. The Hall–Kier alpha value is -1.65. The van der Waals surface area contributed by atoms with E-state index in [9.17, 15) is 4.79 Å². The van der Waals surface area contributed by atoms with E-state index in [0.717, 1.165) is 18.9 Å². The number of nitrogens with one attached hydrogen (secondary N) is 1. The molecule has 0 aliphatic carbocycles. The van der Waals surface area contributed by atoms with Gasteiger partial charge >= 0.3 is 0 Å². The van der Waals surface area contributed by atoms with Crippen molar-refractivity contribution < 1.29 is 4.79 Å². The van der Waals surface area contributed by atoms with Crippen molar-refractivity contribution in [3.8, 4) is 0 Å². The zero-order valence-electron chi connectivity index (χ0n) is 11.2. The van der Waals surface area contributed by atoms with Gasteiger partial charge in [0.2, 0.25) is 5.91 Å². The average molecular weight is 248 g/mol. The molecular weight excluding hydrogens is 228 g/mol. The predicted octanol–water partition coefficient (Wildman–Crippen LogP) is 2.06. The molecule has 1 aliphatic heterocycles. The molecule has 0 aromatic carbocycles. The van der Waals surface area contributed by atoms with Crippen LogP contribution in [0.4, 0.5) is 11.6 Å². The van der Waals surface area contributed by atoms with Crippen LogP contribution in [0.3, 0.4) is 0 Å². The van der Waals surface area contributed by atoms with Crippen molar-refractivity contribution in [2.45, 2.75) is 33.6 Å². The van der Waals surface area contributed by atoms with Crippen molar-refractivity contribution >= 4 is 17.5 Å². The van der Waals surface area contributed by atoms with E-state index in [0.29, 0.717) is 5.82 Å². The topological polar surface area (TPSA) is 58.1 Å². The number of hydrogen-bond donors (Lipinski definition) is 1. The van der Waals surface area contributed by atoms with Crippen molar-refractivity contribution in [3.63, 3.8) is 0 Å². The average Bonchev–Trinajstić information content (AvgIpc) is 2.82. The maximum absolute atomic E-state index is 11.8. The highest BCUT2D eigenvalue weighted by atomic mass is 16.2. The number of aromatic nitrogens is 2. The van der Waals surface area contributed by atoms with Crippen molar-refractivity contribution in [2.24, 2.45) is 5.41 Å². The highest BCUT2D eigenvalue weighted by Crippen LogP contribution is 2.19. The molecule has 1 fully saturated rings. The van der Waals surface area contributed by atoms with Gasteiger partial charge in [0.15, 0.2) is 11.6 Å². The van der Waals surface area contributed by atoms with E-state index < -0.39 is 5.41 Å². The highest BCUT2D eigenvalue weighted by molar-refractivity contribution is 5.93. The molecule has 1 aromatic heterocycles. The van der Waals surface area contributed by atoms with Gasteiger partial charge in [-0.15, -0.1) is 10.2 Å². The number of carbonyl (C=O) groups is 1. The summed E-state index contributed by atoms with van der Waals surface area (Å²) in [5, 5.41) is 11.0. The van der Waals surface area contributed by atoms with Crippen LogP contribution in [0.25, 0.3) is 0 Å². The van der Waals surface area contributed by atoms with Crippen molar-refractivity contribution in [1.82, 2.24) is 10.2 Å². The first-order valence-electron chi connectivity index (χ1n) is 6.37. The van der Waals surface area contributed by atoms with Crippen molar-refractivity contribution in [1.29, 1.82) is 0 Å². The van der Waals surface area contributed by atoms with Crippen LogP contribution >= 0.6 is 0 Å². The summed E-state index contributed by atoms with van der Waals surface area (Å²) >= 11 is 0. The number of anilines is 2. The zero-order chi connectivity index (χ0) is 13.2. The van der Waals surface area contributed by atoms with E-state index in [1.165, 1.54) is 12.8 Å². The maximum atomic E-state index is 11.8. The molecule has 0 radical (unpaired) electrons. The van der Waals surface area contributed by atoms with Crippen molar-refractivity contribution in [2.75, 3.05) is 23.3 Å². The Morgan fingerprint density at radius 1 is 1.22 bits per heavy atom. The minimum atomic E-state index is -0.421. The number of hydrogen-bond acceptors (Lipinski definition) is 4. The molecule has 5 nitrogen and oxygen atoms in total. The van der Waals surface area contributed by atoms with E-state index in [4.69, 9.17) is 0 Å². The molecule has 2 rings (SSSR count). The second kappa shape index (κ2) is 4.92. The summed E-state index contributed by atoms with van der Waals surface area (Å²) < 4.78 is 0. The summed E-state index contributed by atoms with van der Waals surface area (Å²) in [7, 11) is 0. The number of amides is 1. The minimum Gasteiger partial charge on any atom is -0.355 e. The Kier molecular flexibility index (Phi) is 3.50. The third-order valence-corrected chi connectivity index (χ3v) is 3.00. The van der Waals surface area contributed by atoms with Crippen LogP contribution in [0.1, 0.15) is 33.6 Å². The fourth-order valence-electron chi connectivity index (χ4n) is 1.81. The summed E-state index contributed by atoms with van der Waals surface area (Å²) in [6.07, 6.45) is 2.42. The SMILES string of the molecule is CC(C)(C)C(=O)Nc1ccc(N2CCCC2)nn1. The summed E-state index contributed by atoms with van der Waals surface area (Å²) in [6.45, 7) is 7.70. The quantitative estimate of drug-likeness (QED) is 0.870. The molecule has 2 heterocycles. The Labute approximate surface area is 108 Å². The van der Waals surface area contributed by atoms with Crippen LogP contribution in [-0.4, -0.2) is 29.2 Å². The van der Waals surface area contributed by atoms with Crippen LogP contribution in [0.2, 0.25) is 0 Å². The van der Waals surface area contributed by atoms with E-state index in [1.807, 2.05) is 32.9 Å². The Balaban J connectivity index is 2.01. The molecule has 0 saturated carbocycles. The van der Waals surface area contributed by atoms with Crippen LogP contribution in [0.5, 0.6) is 0 Å². The second-order valence-electron chi connectivity index (χ2n) is 5.68. The number of carbonyl (C=O) groups excluding carboxylic acids is 1. The summed E-state index contributed by atoms with van der Waals surface area (Å²) in [5.41, 5.74) is -0.421. The number of rotatable bonds is 2. The fourth-order valence-corrected chi connectivity index (χ4v) is 1.81. The van der Waals surface area contributed by atoms with Crippen LogP contribution < -0.4 is 10.2 Å². The monoisotopic (exact) mass is 248 g/mol. The van der Waals surface area contributed by atoms with Gasteiger partial charge in [0.25, 0.3) is 0 Å². The van der Waals surface area contributed by atoms with Gasteiger partial charge in [0, 0.05) is 18.5 Å². The fraction of sp³-hybridized carbons (Fsp3) is 0.615. The molecule has 0 spiro atoms. The maximum Gasteiger partial charge on any atom is 0.230 e. The lowest BCUT2D eigenvalue weighted by Gasteiger charge is -2.18. The zero-order valence-corrected chi connectivity index (χ0v) is 11.2. The molecule has 1 saturated heterocycles. The van der Waals surface area contributed by atoms with Gasteiger partial charge in [-0.3, -0.25) is 4.79 Å². The van der Waals surface area contributed by atoms with Gasteiger partial charge < -0.3 is 10.2 Å². The normalized spacial score (nSPS) is 15.8. The molecule has 18 heavy (non-hydrogen) atoms. The van der Waals surface area contributed by atoms with Gasteiger partial charge in [0.1, 0.15) is 0 Å². The Morgan fingerprint density at radius 2 is 1.89 bits per heavy atom. The smallest absolute Gasteiger partial charge is 0.230 e. The van der Waals surface area contributed by atoms with E-state index in [1.54, 1.807) is 0 Å². The molecule has 98 valence electrons. The molecule has 0 unspecified atom stereocenters. The lowest BCUT2D eigenvalue weighted by atomic mass is 9.96. The van der Waals surface area contributed by atoms with Crippen LogP contribution in [0, 0.1) is 5.41 Å². The molecule has 1 aliphatic rings. The van der Waals surface area contributed by atoms with E-state index in [2.05, 4.69) is 20.4 Å². The van der Waals surface area contributed by atoms with Crippen LogP contribution in [0.15, 0.2) is 12.1 Å². The molecule has 1 aromatic rings. The van der Waals surface area contributed by atoms with Gasteiger partial charge in [-0.1, -0.05) is 20.8 Å². The van der Waals surface area contributed by atoms with Gasteiger partial charge in [-0.2, -0.15) is 0 Å². The van der Waals surface area contributed by atoms with Gasteiger partial charge in [0.05, 0.1) is 0 Å². The van der Waals surface area contributed by atoms with E-state index >= 15 is 0 Å². The van der Waals surface area contributed by atoms with Gasteiger partial charge in [-0.05, 0) is 25.0 Å². The highest BCUT2D eigenvalue weighted by Gasteiger charge is 2.22. The molecular formula is C13H20N4O. The molecule has 0 atom stereocenters. The van der Waals surface area contributed by atoms with Crippen molar-refractivity contribution in [3.05, 3.63) is 12.1 Å². The summed E-state index contributed by atoms with van der Waals surface area (Å²) in [6, 6.07) is 3.72. The van der Waals surface area contributed by atoms with E-state index in [-0.39, 0.29) is 5.91 Å². The Bertz CT molecular complexity index is 416. The first-order chi connectivity index (χ1) is 8.47. The predicted molar refractivity (Wildman–Crippen MR) is 71.6 cm³/mol. The standard InChI is InChI=1S/C13H20N4O/c1-13(2,3)12(18)14-10-6-7-11(16-15-10)17-8-4-5-9-17/h6-7H,4-5,8-9H2,1-3H3,(H,14,15,18). The molecule has 0 bridgehead atoms. The van der Waals surface area contributed by atoms with Gasteiger partial charge in [-0.25, -0.2) is 0 Å². The summed E-state index contributed by atoms with van der Waals surface area (Å²) in [4.78, 5) is 14.0. The molecule has 1 amide bonds. The first-order valence-corrected chi connectivity index (χ1v) is 6.37. The third-order valence-electron chi connectivity index (χ3n) is 3.00. The first kappa shape index (κ1) is 12.8. The second-order valence-corrected chi connectivity index (χ2v) is 5.68. The molecule has 5 heteroatoms. The third kappa shape index (κ3) is 2.97. The number of nitrogens with zero attached hydrogens (tertiary/aromatic N) is 3. The lowest BCUT2D eigenvalue weighted by Crippen LogP contribution is -2.28. The largest absolute Gasteiger partial charge is 0.355 e.